The maximum absolute atomic E-state index is 13.1. The number of ether oxygens (including phenoxy) is 1. The van der Waals surface area contributed by atoms with E-state index >= 15 is 0 Å². The van der Waals surface area contributed by atoms with Gasteiger partial charge < -0.3 is 9.64 Å². The third kappa shape index (κ3) is 3.83. The summed E-state index contributed by atoms with van der Waals surface area (Å²) in [5, 5.41) is 0. The minimum absolute atomic E-state index is 0.0802. The molecule has 2 atom stereocenters. The molecule has 0 fully saturated rings. The average molecular weight is 403 g/mol. The van der Waals surface area contributed by atoms with E-state index in [4.69, 9.17) is 4.74 Å². The molecule has 0 saturated heterocycles. The van der Waals surface area contributed by atoms with Gasteiger partial charge in [-0.1, -0.05) is 18.2 Å². The highest BCUT2D eigenvalue weighted by molar-refractivity contribution is 6.09. The standard InChI is InChI=1S/C25H22FNO3/c1-16-15-20-5-3-4-6-23(20)27(16)25(29)17(2)30-22-13-9-19(10-14-22)24(28)18-7-11-21(26)12-8-18/h3-14,16-17H,15H2,1-2H3/t16-,17+/m0/s1. The fourth-order valence-corrected chi connectivity index (χ4v) is 3.80. The third-order valence-corrected chi connectivity index (χ3v) is 5.33. The average Bonchev–Trinajstić information content (AvgIpc) is 3.09. The molecule has 0 N–H and O–H groups in total. The van der Waals surface area contributed by atoms with Crippen LogP contribution in [0.4, 0.5) is 10.1 Å². The molecule has 0 radical (unpaired) electrons. The van der Waals surface area contributed by atoms with Crippen molar-refractivity contribution >= 4 is 17.4 Å². The van der Waals surface area contributed by atoms with E-state index < -0.39 is 6.10 Å². The van der Waals surface area contributed by atoms with Crippen LogP contribution in [0.1, 0.15) is 35.3 Å². The monoisotopic (exact) mass is 403 g/mol. The molecule has 1 heterocycles. The molecule has 1 aliphatic heterocycles. The van der Waals surface area contributed by atoms with Gasteiger partial charge in [-0.15, -0.1) is 0 Å². The van der Waals surface area contributed by atoms with Gasteiger partial charge in [-0.2, -0.15) is 0 Å². The Hall–Kier alpha value is -3.47. The van der Waals surface area contributed by atoms with E-state index in [1.807, 2.05) is 31.2 Å². The molecule has 4 rings (SSSR count). The van der Waals surface area contributed by atoms with Gasteiger partial charge in [0.15, 0.2) is 11.9 Å². The zero-order chi connectivity index (χ0) is 21.3. The van der Waals surface area contributed by atoms with Gasteiger partial charge >= 0.3 is 0 Å². The first-order valence-electron chi connectivity index (χ1n) is 9.92. The van der Waals surface area contributed by atoms with E-state index in [9.17, 15) is 14.0 Å². The number of hydrogen-bond acceptors (Lipinski definition) is 3. The van der Waals surface area contributed by atoms with Gasteiger partial charge in [0.1, 0.15) is 11.6 Å². The molecule has 5 heteroatoms. The predicted molar refractivity (Wildman–Crippen MR) is 113 cm³/mol. The number of fused-ring (bicyclic) bond motifs is 1. The lowest BCUT2D eigenvalue weighted by molar-refractivity contribution is -0.124. The Morgan fingerprint density at radius 3 is 2.23 bits per heavy atom. The number of hydrogen-bond donors (Lipinski definition) is 0. The summed E-state index contributed by atoms with van der Waals surface area (Å²) in [6, 6.07) is 20.0. The Balaban J connectivity index is 1.45. The Morgan fingerprint density at radius 1 is 0.967 bits per heavy atom. The second-order valence-electron chi connectivity index (χ2n) is 7.51. The summed E-state index contributed by atoms with van der Waals surface area (Å²) in [6.45, 7) is 3.76. The summed E-state index contributed by atoms with van der Waals surface area (Å²) in [5.41, 5.74) is 2.98. The summed E-state index contributed by atoms with van der Waals surface area (Å²) in [5.74, 6) is -0.178. The van der Waals surface area contributed by atoms with Crippen LogP contribution in [0.15, 0.2) is 72.8 Å². The third-order valence-electron chi connectivity index (χ3n) is 5.33. The van der Waals surface area contributed by atoms with Gasteiger partial charge in [-0.25, -0.2) is 4.39 Å². The lowest BCUT2D eigenvalue weighted by atomic mass is 10.0. The van der Waals surface area contributed by atoms with Crippen LogP contribution in [-0.2, 0) is 11.2 Å². The number of nitrogens with zero attached hydrogens (tertiary/aromatic N) is 1. The first-order chi connectivity index (χ1) is 14.4. The highest BCUT2D eigenvalue weighted by atomic mass is 19.1. The molecule has 0 spiro atoms. The van der Waals surface area contributed by atoms with Crippen molar-refractivity contribution in [2.24, 2.45) is 0 Å². The second kappa shape index (κ2) is 8.11. The quantitative estimate of drug-likeness (QED) is 0.575. The minimum atomic E-state index is -0.669. The highest BCUT2D eigenvalue weighted by Gasteiger charge is 2.33. The summed E-state index contributed by atoms with van der Waals surface area (Å²) in [7, 11) is 0. The van der Waals surface area contributed by atoms with Crippen LogP contribution in [0.3, 0.4) is 0 Å². The van der Waals surface area contributed by atoms with Crippen molar-refractivity contribution in [1.82, 2.24) is 0 Å². The fraction of sp³-hybridized carbons (Fsp3) is 0.200. The summed E-state index contributed by atoms with van der Waals surface area (Å²) in [6.07, 6.45) is 0.159. The number of benzene rings is 3. The number of carbonyl (C=O) groups is 2. The molecule has 3 aromatic rings. The Kier molecular flexibility index (Phi) is 5.36. The topological polar surface area (TPSA) is 46.6 Å². The van der Waals surface area contributed by atoms with Crippen LogP contribution in [-0.4, -0.2) is 23.8 Å². The zero-order valence-electron chi connectivity index (χ0n) is 16.8. The van der Waals surface area contributed by atoms with E-state index in [1.165, 1.54) is 24.3 Å². The van der Waals surface area contributed by atoms with Gasteiger partial charge in [0.05, 0.1) is 0 Å². The SMILES string of the molecule is C[C@@H](Oc1ccc(C(=O)c2ccc(F)cc2)cc1)C(=O)N1c2ccccc2C[C@@H]1C. The van der Waals surface area contributed by atoms with E-state index in [-0.39, 0.29) is 23.5 Å². The van der Waals surface area contributed by atoms with Gasteiger partial charge in [-0.05, 0) is 80.4 Å². The summed E-state index contributed by atoms with van der Waals surface area (Å²) < 4.78 is 18.9. The number of carbonyl (C=O) groups excluding carboxylic acids is 2. The number of anilines is 1. The van der Waals surface area contributed by atoms with Crippen LogP contribution in [0.5, 0.6) is 5.75 Å². The van der Waals surface area contributed by atoms with Crippen molar-refractivity contribution in [2.45, 2.75) is 32.4 Å². The van der Waals surface area contributed by atoms with Crippen molar-refractivity contribution in [2.75, 3.05) is 4.90 Å². The lowest BCUT2D eigenvalue weighted by Crippen LogP contribution is -2.43. The normalized spacial score (nSPS) is 16.1. The predicted octanol–water partition coefficient (Wildman–Crippen LogP) is 4.80. The number of amides is 1. The molecule has 0 aliphatic carbocycles. The van der Waals surface area contributed by atoms with Gasteiger partial charge in [0.2, 0.25) is 0 Å². The van der Waals surface area contributed by atoms with Gasteiger partial charge in [0, 0.05) is 22.9 Å². The zero-order valence-corrected chi connectivity index (χ0v) is 16.8. The molecular weight excluding hydrogens is 381 g/mol. The number of halogens is 1. The van der Waals surface area contributed by atoms with Crippen LogP contribution >= 0.6 is 0 Å². The Bertz CT molecular complexity index is 1080. The smallest absolute Gasteiger partial charge is 0.268 e. The van der Waals surface area contributed by atoms with Crippen LogP contribution in [0.2, 0.25) is 0 Å². The first-order valence-corrected chi connectivity index (χ1v) is 9.92. The van der Waals surface area contributed by atoms with Crippen molar-refractivity contribution in [3.05, 3.63) is 95.3 Å². The summed E-state index contributed by atoms with van der Waals surface area (Å²) in [4.78, 5) is 27.3. The molecule has 152 valence electrons. The number of rotatable bonds is 5. The van der Waals surface area contributed by atoms with E-state index in [0.717, 1.165) is 17.7 Å². The lowest BCUT2D eigenvalue weighted by Gasteiger charge is -2.26. The van der Waals surface area contributed by atoms with E-state index in [2.05, 4.69) is 0 Å². The van der Waals surface area contributed by atoms with Crippen molar-refractivity contribution in [3.63, 3.8) is 0 Å². The first kappa shape index (κ1) is 19.8. The molecule has 1 aliphatic rings. The molecule has 3 aromatic carbocycles. The van der Waals surface area contributed by atoms with Gasteiger partial charge in [0.25, 0.3) is 5.91 Å². The molecule has 30 heavy (non-hydrogen) atoms. The molecule has 0 aromatic heterocycles. The summed E-state index contributed by atoms with van der Waals surface area (Å²) >= 11 is 0. The number of ketones is 1. The van der Waals surface area contributed by atoms with Crippen LogP contribution < -0.4 is 9.64 Å². The fourth-order valence-electron chi connectivity index (χ4n) is 3.80. The Labute approximate surface area is 174 Å². The van der Waals surface area contributed by atoms with Gasteiger partial charge in [-0.3, -0.25) is 9.59 Å². The molecule has 1 amide bonds. The second-order valence-corrected chi connectivity index (χ2v) is 7.51. The van der Waals surface area contributed by atoms with Crippen LogP contribution in [0, 0.1) is 5.82 Å². The maximum Gasteiger partial charge on any atom is 0.268 e. The van der Waals surface area contributed by atoms with Crippen LogP contribution in [0.25, 0.3) is 0 Å². The molecule has 0 bridgehead atoms. The molecule has 4 nitrogen and oxygen atoms in total. The highest BCUT2D eigenvalue weighted by Crippen LogP contribution is 2.32. The largest absolute Gasteiger partial charge is 0.481 e. The van der Waals surface area contributed by atoms with Crippen molar-refractivity contribution < 1.29 is 18.7 Å². The van der Waals surface area contributed by atoms with E-state index in [0.29, 0.717) is 16.9 Å². The Morgan fingerprint density at radius 2 is 1.57 bits per heavy atom. The van der Waals surface area contributed by atoms with Crippen molar-refractivity contribution in [3.8, 4) is 5.75 Å². The molecular formula is C25H22FNO3. The van der Waals surface area contributed by atoms with E-state index in [1.54, 1.807) is 36.1 Å². The maximum atomic E-state index is 13.1. The molecule has 0 saturated carbocycles. The number of para-hydroxylation sites is 1. The minimum Gasteiger partial charge on any atom is -0.481 e. The molecule has 0 unspecified atom stereocenters. The van der Waals surface area contributed by atoms with Crippen molar-refractivity contribution in [1.29, 1.82) is 0 Å².